The molecule has 0 aliphatic carbocycles. The first-order valence-corrected chi connectivity index (χ1v) is 5.93. The summed E-state index contributed by atoms with van der Waals surface area (Å²) >= 11 is 3.16. The van der Waals surface area contributed by atoms with Crippen LogP contribution in [0.5, 0.6) is 0 Å². The molecule has 0 heterocycles. The van der Waals surface area contributed by atoms with Crippen LogP contribution < -0.4 is 5.32 Å². The van der Waals surface area contributed by atoms with Gasteiger partial charge in [0.15, 0.2) is 0 Å². The number of benzene rings is 1. The Labute approximate surface area is 107 Å². The molecular formula is C11H13BrN2O3. The summed E-state index contributed by atoms with van der Waals surface area (Å²) in [5.74, 6) is 0.122. The lowest BCUT2D eigenvalue weighted by Gasteiger charge is -2.08. The highest BCUT2D eigenvalue weighted by Crippen LogP contribution is 2.22. The van der Waals surface area contributed by atoms with E-state index >= 15 is 0 Å². The summed E-state index contributed by atoms with van der Waals surface area (Å²) in [6.45, 7) is 4.55. The van der Waals surface area contributed by atoms with Gasteiger partial charge in [-0.25, -0.2) is 0 Å². The minimum absolute atomic E-state index is 0.0442. The summed E-state index contributed by atoms with van der Waals surface area (Å²) in [5.41, 5.74) is 0.355. The van der Waals surface area contributed by atoms with Crippen molar-refractivity contribution in [3.8, 4) is 0 Å². The Morgan fingerprint density at radius 3 is 2.65 bits per heavy atom. The van der Waals surface area contributed by atoms with Gasteiger partial charge in [0.2, 0.25) is 0 Å². The number of halogens is 1. The smallest absolute Gasteiger partial charge is 0.270 e. The predicted molar refractivity (Wildman–Crippen MR) is 68.0 cm³/mol. The van der Waals surface area contributed by atoms with Gasteiger partial charge in [0.25, 0.3) is 11.6 Å². The summed E-state index contributed by atoms with van der Waals surface area (Å²) in [5, 5.41) is 13.3. The predicted octanol–water partition coefficient (Wildman–Crippen LogP) is 2.74. The molecule has 0 unspecified atom stereocenters. The Balaban J connectivity index is 2.85. The molecule has 0 aromatic heterocycles. The van der Waals surface area contributed by atoms with Gasteiger partial charge in [-0.3, -0.25) is 14.9 Å². The number of nitro groups is 1. The molecule has 1 aromatic carbocycles. The van der Waals surface area contributed by atoms with Crippen molar-refractivity contribution in [2.24, 2.45) is 5.92 Å². The van der Waals surface area contributed by atoms with Crippen molar-refractivity contribution in [1.29, 1.82) is 0 Å². The van der Waals surface area contributed by atoms with Gasteiger partial charge in [0, 0.05) is 23.2 Å². The second kappa shape index (κ2) is 5.77. The van der Waals surface area contributed by atoms with Crippen molar-refractivity contribution in [3.05, 3.63) is 38.3 Å². The maximum Gasteiger partial charge on any atom is 0.270 e. The molecule has 1 amide bonds. The van der Waals surface area contributed by atoms with Crippen molar-refractivity contribution in [2.75, 3.05) is 6.54 Å². The third-order valence-electron chi connectivity index (χ3n) is 2.08. The van der Waals surface area contributed by atoms with E-state index in [1.807, 2.05) is 13.8 Å². The van der Waals surface area contributed by atoms with Gasteiger partial charge in [-0.05, 0) is 27.9 Å². The lowest BCUT2D eigenvalue weighted by atomic mass is 10.1. The van der Waals surface area contributed by atoms with Crippen molar-refractivity contribution in [1.82, 2.24) is 5.32 Å². The monoisotopic (exact) mass is 300 g/mol. The first-order chi connectivity index (χ1) is 7.91. The van der Waals surface area contributed by atoms with Crippen LogP contribution in [0.2, 0.25) is 0 Å². The van der Waals surface area contributed by atoms with Crippen molar-refractivity contribution >= 4 is 27.5 Å². The van der Waals surface area contributed by atoms with Crippen LogP contribution in [0.1, 0.15) is 24.2 Å². The van der Waals surface area contributed by atoms with E-state index in [9.17, 15) is 14.9 Å². The number of nitro benzene ring substituents is 1. The first-order valence-electron chi connectivity index (χ1n) is 5.14. The first kappa shape index (κ1) is 13.6. The van der Waals surface area contributed by atoms with Crippen molar-refractivity contribution in [3.63, 3.8) is 0 Å². The number of amides is 1. The molecule has 0 spiro atoms. The number of hydrogen-bond acceptors (Lipinski definition) is 3. The molecule has 1 N–H and O–H groups in total. The molecule has 0 atom stereocenters. The maximum absolute atomic E-state index is 11.7. The summed E-state index contributed by atoms with van der Waals surface area (Å²) in [6.07, 6.45) is 0. The standard InChI is InChI=1S/C11H13BrN2O3/c1-7(2)6-13-11(15)9-4-3-8(14(16)17)5-10(9)12/h3-5,7H,6H2,1-2H3,(H,13,15). The molecule has 92 valence electrons. The van der Waals surface area contributed by atoms with Crippen LogP contribution in [0.3, 0.4) is 0 Å². The average molecular weight is 301 g/mol. The highest BCUT2D eigenvalue weighted by molar-refractivity contribution is 9.10. The number of non-ortho nitro benzene ring substituents is 1. The Morgan fingerprint density at radius 1 is 1.53 bits per heavy atom. The fraction of sp³-hybridized carbons (Fsp3) is 0.364. The van der Waals surface area contributed by atoms with Crippen LogP contribution in [0.4, 0.5) is 5.69 Å². The van der Waals surface area contributed by atoms with E-state index < -0.39 is 4.92 Å². The number of carbonyl (C=O) groups is 1. The third-order valence-corrected chi connectivity index (χ3v) is 2.74. The molecule has 0 aliphatic heterocycles. The molecular weight excluding hydrogens is 288 g/mol. The van der Waals surface area contributed by atoms with Crippen LogP contribution in [0.15, 0.2) is 22.7 Å². The van der Waals surface area contributed by atoms with Crippen LogP contribution in [-0.2, 0) is 0 Å². The third kappa shape index (κ3) is 3.81. The minimum Gasteiger partial charge on any atom is -0.352 e. The summed E-state index contributed by atoms with van der Waals surface area (Å²) in [6, 6.07) is 4.08. The normalized spacial score (nSPS) is 10.4. The summed E-state index contributed by atoms with van der Waals surface area (Å²) < 4.78 is 0.424. The summed E-state index contributed by atoms with van der Waals surface area (Å²) in [7, 11) is 0. The van der Waals surface area contributed by atoms with Gasteiger partial charge in [0.1, 0.15) is 0 Å². The molecule has 1 rings (SSSR count). The quantitative estimate of drug-likeness (QED) is 0.686. The van der Waals surface area contributed by atoms with E-state index in [0.29, 0.717) is 22.5 Å². The molecule has 0 fully saturated rings. The highest BCUT2D eigenvalue weighted by Gasteiger charge is 2.14. The zero-order chi connectivity index (χ0) is 13.0. The Kier molecular flexibility index (Phi) is 4.62. The van der Waals surface area contributed by atoms with Crippen LogP contribution in [0, 0.1) is 16.0 Å². The second-order valence-electron chi connectivity index (χ2n) is 4.03. The largest absolute Gasteiger partial charge is 0.352 e. The molecule has 0 saturated heterocycles. The zero-order valence-electron chi connectivity index (χ0n) is 9.57. The molecule has 5 nitrogen and oxygen atoms in total. The van der Waals surface area contributed by atoms with Crippen molar-refractivity contribution in [2.45, 2.75) is 13.8 Å². The van der Waals surface area contributed by atoms with Crippen LogP contribution in [0.25, 0.3) is 0 Å². The van der Waals surface area contributed by atoms with E-state index in [-0.39, 0.29) is 11.6 Å². The number of carbonyl (C=O) groups excluding carboxylic acids is 1. The lowest BCUT2D eigenvalue weighted by Crippen LogP contribution is -2.27. The number of rotatable bonds is 4. The van der Waals surface area contributed by atoms with E-state index in [2.05, 4.69) is 21.2 Å². The van der Waals surface area contributed by atoms with Gasteiger partial charge < -0.3 is 5.32 Å². The Bertz CT molecular complexity index is 446. The Morgan fingerprint density at radius 2 is 2.18 bits per heavy atom. The number of hydrogen-bond donors (Lipinski definition) is 1. The molecule has 0 radical (unpaired) electrons. The second-order valence-corrected chi connectivity index (χ2v) is 4.88. The van der Waals surface area contributed by atoms with Crippen LogP contribution >= 0.6 is 15.9 Å². The highest BCUT2D eigenvalue weighted by atomic mass is 79.9. The number of nitrogens with zero attached hydrogens (tertiary/aromatic N) is 1. The average Bonchev–Trinajstić information content (AvgIpc) is 2.25. The van der Waals surface area contributed by atoms with Gasteiger partial charge in [-0.1, -0.05) is 13.8 Å². The fourth-order valence-corrected chi connectivity index (χ4v) is 1.74. The zero-order valence-corrected chi connectivity index (χ0v) is 11.2. The lowest BCUT2D eigenvalue weighted by molar-refractivity contribution is -0.384. The number of nitrogens with one attached hydrogen (secondary N) is 1. The van der Waals surface area contributed by atoms with Gasteiger partial charge >= 0.3 is 0 Å². The van der Waals surface area contributed by atoms with Gasteiger partial charge in [-0.15, -0.1) is 0 Å². The van der Waals surface area contributed by atoms with Gasteiger partial charge in [-0.2, -0.15) is 0 Å². The molecule has 0 aliphatic rings. The fourth-order valence-electron chi connectivity index (χ4n) is 1.19. The molecule has 17 heavy (non-hydrogen) atoms. The molecule has 1 aromatic rings. The SMILES string of the molecule is CC(C)CNC(=O)c1ccc([N+](=O)[O-])cc1Br. The van der Waals surface area contributed by atoms with E-state index in [0.717, 1.165) is 0 Å². The maximum atomic E-state index is 11.7. The van der Waals surface area contributed by atoms with Crippen molar-refractivity contribution < 1.29 is 9.72 Å². The molecule has 0 saturated carbocycles. The molecule has 0 bridgehead atoms. The van der Waals surface area contributed by atoms with Crippen LogP contribution in [-0.4, -0.2) is 17.4 Å². The summed E-state index contributed by atoms with van der Waals surface area (Å²) in [4.78, 5) is 21.8. The van der Waals surface area contributed by atoms with E-state index in [1.54, 1.807) is 0 Å². The molecule has 6 heteroatoms. The van der Waals surface area contributed by atoms with E-state index in [1.165, 1.54) is 18.2 Å². The topological polar surface area (TPSA) is 72.2 Å². The van der Waals surface area contributed by atoms with E-state index in [4.69, 9.17) is 0 Å². The minimum atomic E-state index is -0.499. The Hall–Kier alpha value is -1.43. The van der Waals surface area contributed by atoms with Gasteiger partial charge in [0.05, 0.1) is 10.5 Å².